The predicted octanol–water partition coefficient (Wildman–Crippen LogP) is 2.12. The molecule has 2 aromatic rings. The molecule has 0 atom stereocenters. The molecule has 1 fully saturated rings. The van der Waals surface area contributed by atoms with Crippen LogP contribution in [-0.4, -0.2) is 48.6 Å². The van der Waals surface area contributed by atoms with Crippen molar-refractivity contribution in [2.75, 3.05) is 32.9 Å². The van der Waals surface area contributed by atoms with Crippen molar-refractivity contribution in [2.24, 2.45) is 0 Å². The number of hydrogen-bond acceptors (Lipinski definition) is 6. The molecule has 3 rings (SSSR count). The van der Waals surface area contributed by atoms with Gasteiger partial charge >= 0.3 is 0 Å². The number of nitrogens with one attached hydrogen (secondary N) is 1. The summed E-state index contributed by atoms with van der Waals surface area (Å²) in [6, 6.07) is 13.8. The van der Waals surface area contributed by atoms with E-state index in [0.717, 1.165) is 38.4 Å². The summed E-state index contributed by atoms with van der Waals surface area (Å²) < 4.78 is 10.7. The van der Waals surface area contributed by atoms with Crippen LogP contribution in [0.15, 0.2) is 48.5 Å². The summed E-state index contributed by atoms with van der Waals surface area (Å²) in [5.74, 6) is 0.00440. The molecular weight excluding hydrogens is 362 g/mol. The second kappa shape index (κ2) is 9.82. The molecule has 148 valence electrons. The Labute approximate surface area is 163 Å². The summed E-state index contributed by atoms with van der Waals surface area (Å²) in [5.41, 5.74) is 2.15. The molecule has 0 bridgehead atoms. The third-order valence-corrected chi connectivity index (χ3v) is 4.49. The van der Waals surface area contributed by atoms with E-state index in [1.165, 1.54) is 23.8 Å². The molecule has 0 spiro atoms. The van der Waals surface area contributed by atoms with Crippen molar-refractivity contribution in [2.45, 2.75) is 13.1 Å². The van der Waals surface area contributed by atoms with E-state index in [0.29, 0.717) is 6.54 Å². The number of nitro benzene ring substituents is 1. The SMILES string of the molecule is O=C(COc1cccc([N+](=O)[O-])c1)NCc1ccccc1CN1CCOCC1. The number of hydrogen-bond donors (Lipinski definition) is 1. The number of nitro groups is 1. The summed E-state index contributed by atoms with van der Waals surface area (Å²) >= 11 is 0. The molecule has 1 aliphatic heterocycles. The van der Waals surface area contributed by atoms with Crippen LogP contribution in [0.4, 0.5) is 5.69 Å². The molecule has 0 radical (unpaired) electrons. The minimum atomic E-state index is -0.502. The maximum atomic E-state index is 12.1. The highest BCUT2D eigenvalue weighted by Gasteiger charge is 2.13. The molecule has 1 saturated heterocycles. The Morgan fingerprint density at radius 2 is 1.89 bits per heavy atom. The number of morpholine rings is 1. The third kappa shape index (κ3) is 5.77. The summed E-state index contributed by atoms with van der Waals surface area (Å²) in [4.78, 5) is 24.7. The molecule has 0 unspecified atom stereocenters. The van der Waals surface area contributed by atoms with Gasteiger partial charge in [-0.25, -0.2) is 0 Å². The number of amides is 1. The number of carbonyl (C=O) groups is 1. The smallest absolute Gasteiger partial charge is 0.273 e. The van der Waals surface area contributed by atoms with Crippen molar-refractivity contribution in [3.63, 3.8) is 0 Å². The molecule has 28 heavy (non-hydrogen) atoms. The van der Waals surface area contributed by atoms with E-state index in [4.69, 9.17) is 9.47 Å². The summed E-state index contributed by atoms with van der Waals surface area (Å²) in [6.45, 7) is 4.31. The fourth-order valence-electron chi connectivity index (χ4n) is 2.96. The van der Waals surface area contributed by atoms with E-state index in [1.54, 1.807) is 6.07 Å². The van der Waals surface area contributed by atoms with Gasteiger partial charge in [0.1, 0.15) is 5.75 Å². The number of benzene rings is 2. The van der Waals surface area contributed by atoms with Crippen molar-refractivity contribution in [3.05, 3.63) is 69.8 Å². The van der Waals surface area contributed by atoms with Crippen LogP contribution in [0.3, 0.4) is 0 Å². The van der Waals surface area contributed by atoms with Gasteiger partial charge in [-0.1, -0.05) is 30.3 Å². The Kier molecular flexibility index (Phi) is 6.94. The summed E-state index contributed by atoms with van der Waals surface area (Å²) in [6.07, 6.45) is 0. The van der Waals surface area contributed by atoms with Crippen molar-refractivity contribution < 1.29 is 19.2 Å². The monoisotopic (exact) mass is 385 g/mol. The number of carbonyl (C=O) groups excluding carboxylic acids is 1. The van der Waals surface area contributed by atoms with Crippen LogP contribution in [-0.2, 0) is 22.6 Å². The quantitative estimate of drug-likeness (QED) is 0.553. The van der Waals surface area contributed by atoms with Crippen LogP contribution in [0.2, 0.25) is 0 Å². The van der Waals surface area contributed by atoms with Crippen LogP contribution in [0.1, 0.15) is 11.1 Å². The highest BCUT2D eigenvalue weighted by molar-refractivity contribution is 5.77. The van der Waals surface area contributed by atoms with Crippen molar-refractivity contribution in [3.8, 4) is 5.75 Å². The Bertz CT molecular complexity index is 821. The molecule has 0 aliphatic carbocycles. The lowest BCUT2D eigenvalue weighted by Crippen LogP contribution is -2.36. The summed E-state index contributed by atoms with van der Waals surface area (Å²) in [5, 5.41) is 13.6. The van der Waals surface area contributed by atoms with Gasteiger partial charge in [0.05, 0.1) is 24.2 Å². The van der Waals surface area contributed by atoms with E-state index in [1.807, 2.05) is 18.2 Å². The van der Waals surface area contributed by atoms with Gasteiger partial charge in [-0.05, 0) is 17.2 Å². The first-order chi connectivity index (χ1) is 13.6. The standard InChI is InChI=1S/C20H23N3O5/c24-20(15-28-19-7-3-6-18(12-19)23(25)26)21-13-16-4-1-2-5-17(16)14-22-8-10-27-11-9-22/h1-7,12H,8-11,13-15H2,(H,21,24). The van der Waals surface area contributed by atoms with E-state index in [2.05, 4.69) is 16.3 Å². The molecule has 0 saturated carbocycles. The lowest BCUT2D eigenvalue weighted by molar-refractivity contribution is -0.384. The van der Waals surface area contributed by atoms with Gasteiger partial charge in [0, 0.05) is 32.2 Å². The van der Waals surface area contributed by atoms with Gasteiger partial charge in [0.2, 0.25) is 0 Å². The van der Waals surface area contributed by atoms with Gasteiger partial charge in [0.25, 0.3) is 11.6 Å². The molecule has 8 heteroatoms. The van der Waals surface area contributed by atoms with E-state index in [9.17, 15) is 14.9 Å². The second-order valence-corrected chi connectivity index (χ2v) is 6.48. The highest BCUT2D eigenvalue weighted by Crippen LogP contribution is 2.19. The Hall–Kier alpha value is -2.97. The first-order valence-electron chi connectivity index (χ1n) is 9.12. The van der Waals surface area contributed by atoms with Crippen LogP contribution >= 0.6 is 0 Å². The normalized spacial score (nSPS) is 14.4. The average Bonchev–Trinajstić information content (AvgIpc) is 2.72. The van der Waals surface area contributed by atoms with Gasteiger partial charge in [-0.15, -0.1) is 0 Å². The van der Waals surface area contributed by atoms with Crippen LogP contribution in [0.25, 0.3) is 0 Å². The first kappa shape index (κ1) is 19.8. The van der Waals surface area contributed by atoms with Crippen LogP contribution in [0, 0.1) is 10.1 Å². The maximum absolute atomic E-state index is 12.1. The Morgan fingerprint density at radius 1 is 1.14 bits per heavy atom. The molecular formula is C20H23N3O5. The molecule has 0 aromatic heterocycles. The first-order valence-corrected chi connectivity index (χ1v) is 9.12. The zero-order chi connectivity index (χ0) is 19.8. The topological polar surface area (TPSA) is 93.9 Å². The molecule has 1 heterocycles. The largest absolute Gasteiger partial charge is 0.484 e. The number of rotatable bonds is 8. The molecule has 8 nitrogen and oxygen atoms in total. The molecule has 2 aromatic carbocycles. The zero-order valence-electron chi connectivity index (χ0n) is 15.5. The van der Waals surface area contributed by atoms with Crippen LogP contribution < -0.4 is 10.1 Å². The van der Waals surface area contributed by atoms with Crippen molar-refractivity contribution in [1.29, 1.82) is 0 Å². The third-order valence-electron chi connectivity index (χ3n) is 4.49. The van der Waals surface area contributed by atoms with Gasteiger partial charge < -0.3 is 14.8 Å². The average molecular weight is 385 g/mol. The molecule has 1 N–H and O–H groups in total. The Balaban J connectivity index is 1.50. The second-order valence-electron chi connectivity index (χ2n) is 6.48. The molecule has 1 amide bonds. The summed E-state index contributed by atoms with van der Waals surface area (Å²) in [7, 11) is 0. The number of ether oxygens (including phenoxy) is 2. The Morgan fingerprint density at radius 3 is 2.64 bits per heavy atom. The molecule has 1 aliphatic rings. The lowest BCUT2D eigenvalue weighted by atomic mass is 10.1. The van der Waals surface area contributed by atoms with Crippen molar-refractivity contribution >= 4 is 11.6 Å². The van der Waals surface area contributed by atoms with Gasteiger partial charge in [-0.3, -0.25) is 19.8 Å². The highest BCUT2D eigenvalue weighted by atomic mass is 16.6. The fraction of sp³-hybridized carbons (Fsp3) is 0.350. The van der Waals surface area contributed by atoms with Gasteiger partial charge in [0.15, 0.2) is 6.61 Å². The van der Waals surface area contributed by atoms with Gasteiger partial charge in [-0.2, -0.15) is 0 Å². The lowest BCUT2D eigenvalue weighted by Gasteiger charge is -2.27. The number of non-ortho nitro benzene ring substituents is 1. The predicted molar refractivity (Wildman–Crippen MR) is 103 cm³/mol. The van der Waals surface area contributed by atoms with E-state index >= 15 is 0 Å². The zero-order valence-corrected chi connectivity index (χ0v) is 15.5. The minimum Gasteiger partial charge on any atom is -0.484 e. The fourth-order valence-corrected chi connectivity index (χ4v) is 2.96. The maximum Gasteiger partial charge on any atom is 0.273 e. The van der Waals surface area contributed by atoms with Crippen molar-refractivity contribution in [1.82, 2.24) is 10.2 Å². The van der Waals surface area contributed by atoms with E-state index < -0.39 is 4.92 Å². The van der Waals surface area contributed by atoms with Crippen LogP contribution in [0.5, 0.6) is 5.75 Å². The van der Waals surface area contributed by atoms with E-state index in [-0.39, 0.29) is 24.0 Å². The number of nitrogens with zero attached hydrogens (tertiary/aromatic N) is 2. The minimum absolute atomic E-state index is 0.0741.